The molecule has 0 radical (unpaired) electrons. The van der Waals surface area contributed by atoms with E-state index in [9.17, 15) is 14.0 Å². The predicted octanol–water partition coefficient (Wildman–Crippen LogP) is 2.73. The summed E-state index contributed by atoms with van der Waals surface area (Å²) >= 11 is 0. The van der Waals surface area contributed by atoms with Gasteiger partial charge in [-0.3, -0.25) is 14.5 Å². The molecule has 0 aliphatic carbocycles. The number of azo groups is 1. The number of carbonyl (C=O) groups is 2. The van der Waals surface area contributed by atoms with Crippen molar-refractivity contribution in [2.45, 2.75) is 6.42 Å². The number of hydrogen-bond donors (Lipinski definition) is 0. The molecular formula is C20H25FN4O3. The van der Waals surface area contributed by atoms with Crippen molar-refractivity contribution in [2.24, 2.45) is 10.2 Å². The van der Waals surface area contributed by atoms with Crippen molar-refractivity contribution in [2.75, 3.05) is 46.4 Å². The molecule has 1 amide bonds. The zero-order valence-corrected chi connectivity index (χ0v) is 16.0. The highest BCUT2D eigenvalue weighted by atomic mass is 19.1. The minimum Gasteiger partial charge on any atom is -0.379 e. The first-order valence-corrected chi connectivity index (χ1v) is 9.11. The number of aldehydes is 1. The molecule has 0 bridgehead atoms. The molecule has 1 fully saturated rings. The smallest absolute Gasteiger partial charge is 0.293 e. The third-order valence-electron chi connectivity index (χ3n) is 4.14. The molecule has 0 unspecified atom stereocenters. The van der Waals surface area contributed by atoms with Crippen LogP contribution in [0.25, 0.3) is 0 Å². The van der Waals surface area contributed by atoms with E-state index in [4.69, 9.17) is 4.74 Å². The van der Waals surface area contributed by atoms with Gasteiger partial charge in [0.2, 0.25) is 0 Å². The summed E-state index contributed by atoms with van der Waals surface area (Å²) in [6.45, 7) is 4.85. The second-order valence-corrected chi connectivity index (χ2v) is 6.34. The van der Waals surface area contributed by atoms with Crippen LogP contribution < -0.4 is 0 Å². The van der Waals surface area contributed by atoms with Gasteiger partial charge in [0.15, 0.2) is 0 Å². The van der Waals surface area contributed by atoms with Crippen LogP contribution >= 0.6 is 0 Å². The summed E-state index contributed by atoms with van der Waals surface area (Å²) in [4.78, 5) is 27.2. The Balaban J connectivity index is 2.01. The van der Waals surface area contributed by atoms with E-state index in [1.807, 2.05) is 11.9 Å². The third kappa shape index (κ3) is 7.89. The van der Waals surface area contributed by atoms with Gasteiger partial charge in [0.05, 0.1) is 18.9 Å². The number of ether oxygens (including phenoxy) is 1. The number of morpholine rings is 1. The van der Waals surface area contributed by atoms with Crippen molar-refractivity contribution in [3.8, 4) is 0 Å². The van der Waals surface area contributed by atoms with Gasteiger partial charge in [0.1, 0.15) is 12.1 Å². The van der Waals surface area contributed by atoms with Crippen molar-refractivity contribution in [1.29, 1.82) is 0 Å². The van der Waals surface area contributed by atoms with Crippen molar-refractivity contribution in [3.05, 3.63) is 54.0 Å². The second-order valence-electron chi connectivity index (χ2n) is 6.34. The number of likely N-dealkylation sites (N-methyl/N-ethyl adjacent to an activating group) is 1. The molecule has 1 aromatic carbocycles. The summed E-state index contributed by atoms with van der Waals surface area (Å²) in [7, 11) is 1.88. The zero-order valence-electron chi connectivity index (χ0n) is 16.0. The summed E-state index contributed by atoms with van der Waals surface area (Å²) in [5, 5.41) is 7.50. The molecule has 7 nitrogen and oxygen atoms in total. The summed E-state index contributed by atoms with van der Waals surface area (Å²) in [6.07, 6.45) is 5.53. The molecular weight excluding hydrogens is 363 g/mol. The highest BCUT2D eigenvalue weighted by molar-refractivity contribution is 5.94. The molecule has 0 saturated carbocycles. The highest BCUT2D eigenvalue weighted by Crippen LogP contribution is 2.15. The summed E-state index contributed by atoms with van der Waals surface area (Å²) in [5.41, 5.74) is 0.652. The number of amides is 1. The summed E-state index contributed by atoms with van der Waals surface area (Å²) in [5.74, 6) is -0.977. The molecule has 1 heterocycles. The number of carbonyl (C=O) groups excluding carboxylic acids is 2. The number of halogens is 1. The van der Waals surface area contributed by atoms with E-state index < -0.39 is 11.7 Å². The Bertz CT molecular complexity index is 743. The topological polar surface area (TPSA) is 74.6 Å². The molecule has 0 spiro atoms. The normalized spacial score (nSPS) is 16.0. The molecule has 1 aromatic rings. The lowest BCUT2D eigenvalue weighted by Gasteiger charge is -2.28. The van der Waals surface area contributed by atoms with Gasteiger partial charge in [-0.1, -0.05) is 12.1 Å². The Morgan fingerprint density at radius 2 is 2.14 bits per heavy atom. The number of nitrogens with zero attached hydrogens (tertiary/aromatic N) is 4. The fourth-order valence-corrected chi connectivity index (χ4v) is 2.61. The fourth-order valence-electron chi connectivity index (χ4n) is 2.61. The first-order valence-electron chi connectivity index (χ1n) is 9.11. The Labute approximate surface area is 164 Å². The van der Waals surface area contributed by atoms with Crippen LogP contribution in [0.3, 0.4) is 0 Å². The van der Waals surface area contributed by atoms with E-state index in [1.54, 1.807) is 18.3 Å². The fraction of sp³-hybridized carbons (Fsp3) is 0.400. The molecule has 1 aliphatic heterocycles. The maximum atomic E-state index is 13.2. The van der Waals surface area contributed by atoms with Crippen LogP contribution in [0, 0.1) is 5.82 Å². The Morgan fingerprint density at radius 3 is 2.86 bits per heavy atom. The van der Waals surface area contributed by atoms with E-state index in [2.05, 4.69) is 15.1 Å². The predicted molar refractivity (Wildman–Crippen MR) is 104 cm³/mol. The maximum Gasteiger partial charge on any atom is 0.293 e. The van der Waals surface area contributed by atoms with Crippen LogP contribution in [-0.4, -0.2) is 68.4 Å². The van der Waals surface area contributed by atoms with Gasteiger partial charge in [0.25, 0.3) is 5.91 Å². The Morgan fingerprint density at radius 1 is 1.36 bits per heavy atom. The van der Waals surface area contributed by atoms with Crippen molar-refractivity contribution in [3.63, 3.8) is 0 Å². The van der Waals surface area contributed by atoms with E-state index in [0.29, 0.717) is 11.9 Å². The second kappa shape index (κ2) is 11.9. The van der Waals surface area contributed by atoms with Gasteiger partial charge in [0, 0.05) is 51.1 Å². The minimum absolute atomic E-state index is 0.252. The lowest BCUT2D eigenvalue weighted by atomic mass is 10.2. The molecule has 0 aromatic heterocycles. The van der Waals surface area contributed by atoms with Crippen molar-refractivity contribution >= 4 is 17.9 Å². The molecule has 1 aliphatic rings. The first-order chi connectivity index (χ1) is 13.6. The molecule has 8 heteroatoms. The monoisotopic (exact) mass is 388 g/mol. The number of allylic oxidation sites excluding steroid dienone is 2. The molecule has 0 N–H and O–H groups in total. The quantitative estimate of drug-likeness (QED) is 0.369. The van der Waals surface area contributed by atoms with Gasteiger partial charge in [-0.25, -0.2) is 4.39 Å². The van der Waals surface area contributed by atoms with Crippen LogP contribution in [0.4, 0.5) is 10.1 Å². The summed E-state index contributed by atoms with van der Waals surface area (Å²) < 4.78 is 18.5. The molecule has 0 atom stereocenters. The first kappa shape index (κ1) is 21.6. The van der Waals surface area contributed by atoms with Crippen LogP contribution in [0.15, 0.2) is 58.4 Å². The largest absolute Gasteiger partial charge is 0.379 e. The van der Waals surface area contributed by atoms with Crippen LogP contribution in [0.2, 0.25) is 0 Å². The highest BCUT2D eigenvalue weighted by Gasteiger charge is 2.12. The van der Waals surface area contributed by atoms with Crippen molar-refractivity contribution in [1.82, 2.24) is 9.80 Å². The van der Waals surface area contributed by atoms with E-state index in [1.165, 1.54) is 24.3 Å². The lowest BCUT2D eigenvalue weighted by Crippen LogP contribution is -2.40. The molecule has 1 saturated heterocycles. The molecule has 2 rings (SSSR count). The van der Waals surface area contributed by atoms with Gasteiger partial charge < -0.3 is 9.64 Å². The lowest BCUT2D eigenvalue weighted by molar-refractivity contribution is -0.115. The van der Waals surface area contributed by atoms with Crippen molar-refractivity contribution < 1.29 is 18.7 Å². The van der Waals surface area contributed by atoms with Crippen LogP contribution in [0.1, 0.15) is 6.42 Å². The standard InChI is InChI=1S/C20H25FN4O3/c1-24(8-9-25-10-13-28-14-11-25)16-17(5-2-3-12-26)20(27)23-22-19-7-4-6-18(21)15-19/h2-4,6-7,12,15-16H,5,8-11,13-14H2,1H3/b3-2-,17-16+,23-22?. The molecule has 150 valence electrons. The number of benzene rings is 1. The maximum absolute atomic E-state index is 13.2. The van der Waals surface area contributed by atoms with Crippen LogP contribution in [0.5, 0.6) is 0 Å². The Kier molecular flexibility index (Phi) is 9.17. The zero-order chi connectivity index (χ0) is 20.2. The van der Waals surface area contributed by atoms with E-state index in [0.717, 1.165) is 39.4 Å². The van der Waals surface area contributed by atoms with E-state index >= 15 is 0 Å². The SMILES string of the molecule is CN(/C=C(\C/C=C\C=O)C(=O)N=Nc1cccc(F)c1)CCN1CCOCC1. The average molecular weight is 388 g/mol. The van der Waals surface area contributed by atoms with Gasteiger partial charge in [-0.05, 0) is 24.6 Å². The van der Waals surface area contributed by atoms with Gasteiger partial charge in [-0.2, -0.15) is 0 Å². The van der Waals surface area contributed by atoms with Crippen LogP contribution in [-0.2, 0) is 14.3 Å². The molecule has 28 heavy (non-hydrogen) atoms. The van der Waals surface area contributed by atoms with E-state index in [-0.39, 0.29) is 12.1 Å². The summed E-state index contributed by atoms with van der Waals surface area (Å²) in [6, 6.07) is 5.54. The third-order valence-corrected chi connectivity index (χ3v) is 4.14. The number of rotatable bonds is 9. The average Bonchev–Trinajstić information content (AvgIpc) is 2.71. The van der Waals surface area contributed by atoms with Gasteiger partial charge >= 0.3 is 0 Å². The van der Waals surface area contributed by atoms with Gasteiger partial charge in [-0.15, -0.1) is 10.2 Å². The Hall–Kier alpha value is -2.71. The minimum atomic E-state index is -0.530. The number of hydrogen-bond acceptors (Lipinski definition) is 6.